The molecule has 1 N–H and O–H groups in total. The second-order valence-electron chi connectivity index (χ2n) is 9.64. The van der Waals surface area contributed by atoms with E-state index in [0.29, 0.717) is 6.04 Å². The van der Waals surface area contributed by atoms with Crippen molar-refractivity contribution in [3.8, 4) is 0 Å². The van der Waals surface area contributed by atoms with E-state index in [0.717, 1.165) is 17.4 Å². The van der Waals surface area contributed by atoms with Gasteiger partial charge < -0.3 is 26.6 Å². The maximum Gasteiger partial charge on any atom is 0.112 e. The third-order valence-electron chi connectivity index (χ3n) is 6.52. The molecule has 0 saturated carbocycles. The summed E-state index contributed by atoms with van der Waals surface area (Å²) < 4.78 is 0.874. The van der Waals surface area contributed by atoms with Gasteiger partial charge in [0, 0.05) is 12.0 Å². The van der Waals surface area contributed by atoms with E-state index in [-0.39, 0.29) is 23.6 Å². The third-order valence-corrected chi connectivity index (χ3v) is 6.52. The first-order valence-electron chi connectivity index (χ1n) is 12.6. The first-order valence-corrected chi connectivity index (χ1v) is 12.6. The minimum atomic E-state index is 0. The summed E-state index contributed by atoms with van der Waals surface area (Å²) in [5, 5.41) is 9.93. The fourth-order valence-corrected chi connectivity index (χ4v) is 4.42. The second-order valence-corrected chi connectivity index (χ2v) is 9.64. The van der Waals surface area contributed by atoms with Crippen molar-refractivity contribution in [3.05, 3.63) is 35.9 Å². The standard InChI is InChI=1S/C27H50NO.BrH/c1-4-5-6-7-8-9-10-11-12-13-14-15-16-20-23-27(25-29)28(2,3)24-26-21-18-17-19-22-26;/h17-19,21-22,27,29H,4-16,20,23-25H2,1-3H3;1H/q+1;/p-1. The molecule has 1 rings (SSSR count). The fraction of sp³-hybridized carbons (Fsp3) is 0.778. The zero-order valence-corrected chi connectivity index (χ0v) is 21.8. The van der Waals surface area contributed by atoms with Crippen LogP contribution in [0.25, 0.3) is 0 Å². The van der Waals surface area contributed by atoms with Crippen molar-refractivity contribution in [3.63, 3.8) is 0 Å². The third kappa shape index (κ3) is 14.6. The van der Waals surface area contributed by atoms with Gasteiger partial charge in [0.25, 0.3) is 0 Å². The number of benzene rings is 1. The van der Waals surface area contributed by atoms with Gasteiger partial charge in [0.05, 0.1) is 20.7 Å². The van der Waals surface area contributed by atoms with E-state index in [1.54, 1.807) is 0 Å². The lowest BCUT2D eigenvalue weighted by atomic mass is 10.0. The molecule has 1 atom stereocenters. The van der Waals surface area contributed by atoms with E-state index < -0.39 is 0 Å². The van der Waals surface area contributed by atoms with E-state index in [4.69, 9.17) is 0 Å². The van der Waals surface area contributed by atoms with Crippen LogP contribution in [0, 0.1) is 0 Å². The van der Waals surface area contributed by atoms with Gasteiger partial charge in [0.1, 0.15) is 12.6 Å². The highest BCUT2D eigenvalue weighted by molar-refractivity contribution is 5.13. The molecule has 1 unspecified atom stereocenters. The normalized spacial score (nSPS) is 12.5. The summed E-state index contributed by atoms with van der Waals surface area (Å²) in [5.74, 6) is 0. The Labute approximate surface area is 198 Å². The molecule has 3 heteroatoms. The Morgan fingerprint density at radius 3 is 1.57 bits per heavy atom. The molecule has 0 aliphatic carbocycles. The van der Waals surface area contributed by atoms with Crippen LogP contribution in [0.4, 0.5) is 0 Å². The van der Waals surface area contributed by atoms with Gasteiger partial charge in [-0.15, -0.1) is 0 Å². The van der Waals surface area contributed by atoms with Crippen molar-refractivity contribution in [2.75, 3.05) is 20.7 Å². The molecule has 0 aliphatic rings. The summed E-state index contributed by atoms with van der Waals surface area (Å²) in [4.78, 5) is 0. The molecule has 0 aromatic heterocycles. The lowest BCUT2D eigenvalue weighted by molar-refractivity contribution is -0.928. The Morgan fingerprint density at radius 2 is 1.13 bits per heavy atom. The number of hydrogen-bond donors (Lipinski definition) is 1. The van der Waals surface area contributed by atoms with Crippen molar-refractivity contribution in [1.29, 1.82) is 0 Å². The highest BCUT2D eigenvalue weighted by Gasteiger charge is 2.27. The first-order chi connectivity index (χ1) is 14.1. The van der Waals surface area contributed by atoms with Gasteiger partial charge in [-0.25, -0.2) is 0 Å². The van der Waals surface area contributed by atoms with Gasteiger partial charge in [-0.2, -0.15) is 0 Å². The molecule has 1 aromatic rings. The van der Waals surface area contributed by atoms with Crippen LogP contribution in [-0.4, -0.2) is 36.3 Å². The fourth-order valence-electron chi connectivity index (χ4n) is 4.42. The monoisotopic (exact) mass is 483 g/mol. The van der Waals surface area contributed by atoms with Gasteiger partial charge in [0.15, 0.2) is 0 Å². The highest BCUT2D eigenvalue weighted by Crippen LogP contribution is 2.20. The number of rotatable bonds is 19. The van der Waals surface area contributed by atoms with E-state index in [1.165, 1.54) is 95.5 Å². The van der Waals surface area contributed by atoms with Crippen LogP contribution in [-0.2, 0) is 6.54 Å². The van der Waals surface area contributed by atoms with Crippen molar-refractivity contribution in [2.24, 2.45) is 0 Å². The summed E-state index contributed by atoms with van der Waals surface area (Å²) in [7, 11) is 4.52. The highest BCUT2D eigenvalue weighted by atomic mass is 79.9. The van der Waals surface area contributed by atoms with Crippen LogP contribution in [0.5, 0.6) is 0 Å². The minimum Gasteiger partial charge on any atom is -1.00 e. The van der Waals surface area contributed by atoms with Gasteiger partial charge >= 0.3 is 0 Å². The maximum atomic E-state index is 9.93. The molecule has 0 spiro atoms. The van der Waals surface area contributed by atoms with E-state index in [9.17, 15) is 5.11 Å². The maximum absolute atomic E-state index is 9.93. The predicted molar refractivity (Wildman–Crippen MR) is 128 cm³/mol. The number of quaternary nitrogens is 1. The predicted octanol–water partition coefficient (Wildman–Crippen LogP) is 4.50. The zero-order valence-electron chi connectivity index (χ0n) is 20.3. The number of unbranched alkanes of at least 4 members (excludes halogenated alkanes) is 13. The van der Waals surface area contributed by atoms with Gasteiger partial charge in [-0.05, 0) is 6.42 Å². The second kappa shape index (κ2) is 19.3. The number of aliphatic hydroxyl groups excluding tert-OH is 1. The van der Waals surface area contributed by atoms with Crippen LogP contribution in [0.2, 0.25) is 0 Å². The Morgan fingerprint density at radius 1 is 0.700 bits per heavy atom. The summed E-state index contributed by atoms with van der Waals surface area (Å²) in [6, 6.07) is 11.0. The number of likely N-dealkylation sites (N-methyl/N-ethyl adjacent to an activating group) is 1. The van der Waals surface area contributed by atoms with Crippen LogP contribution < -0.4 is 17.0 Å². The molecule has 0 aliphatic heterocycles. The van der Waals surface area contributed by atoms with Crippen LogP contribution in [0.1, 0.15) is 109 Å². The number of nitrogens with zero attached hydrogens (tertiary/aromatic N) is 1. The molecule has 1 aromatic carbocycles. The Hall–Kier alpha value is -0.380. The summed E-state index contributed by atoms with van der Waals surface area (Å²) in [6.07, 6.45) is 20.7. The number of aliphatic hydroxyl groups is 1. The molecule has 0 saturated heterocycles. The van der Waals surface area contributed by atoms with E-state index >= 15 is 0 Å². The topological polar surface area (TPSA) is 20.2 Å². The van der Waals surface area contributed by atoms with Crippen LogP contribution in [0.3, 0.4) is 0 Å². The molecule has 30 heavy (non-hydrogen) atoms. The molecule has 0 amide bonds. The SMILES string of the molecule is CCCCCCCCCCCCCCCCC(CO)[N+](C)(C)Cc1ccccc1.[Br-]. The lowest BCUT2D eigenvalue weighted by Gasteiger charge is -2.37. The molecule has 0 bridgehead atoms. The Bertz CT molecular complexity index is 477. The van der Waals surface area contributed by atoms with Crippen molar-refractivity contribution < 1.29 is 26.6 Å². The average Bonchev–Trinajstić information content (AvgIpc) is 2.71. The van der Waals surface area contributed by atoms with E-state index in [2.05, 4.69) is 51.4 Å². The van der Waals surface area contributed by atoms with Crippen molar-refractivity contribution in [1.82, 2.24) is 0 Å². The molecule has 176 valence electrons. The largest absolute Gasteiger partial charge is 1.00 e. The van der Waals surface area contributed by atoms with Crippen molar-refractivity contribution in [2.45, 2.75) is 116 Å². The summed E-state index contributed by atoms with van der Waals surface area (Å²) >= 11 is 0. The molecular formula is C27H50BrNO. The summed E-state index contributed by atoms with van der Waals surface area (Å²) in [6.45, 7) is 3.57. The van der Waals surface area contributed by atoms with Crippen LogP contribution in [0.15, 0.2) is 30.3 Å². The molecule has 0 heterocycles. The Balaban J connectivity index is 0.00000841. The van der Waals surface area contributed by atoms with Gasteiger partial charge in [-0.1, -0.05) is 121 Å². The average molecular weight is 485 g/mol. The van der Waals surface area contributed by atoms with Crippen molar-refractivity contribution >= 4 is 0 Å². The molecule has 0 radical (unpaired) electrons. The molecular weight excluding hydrogens is 434 g/mol. The number of hydrogen-bond acceptors (Lipinski definition) is 1. The Kier molecular flexibility index (Phi) is 19.1. The van der Waals surface area contributed by atoms with Gasteiger partial charge in [-0.3, -0.25) is 0 Å². The minimum absolute atomic E-state index is 0. The zero-order chi connectivity index (χ0) is 21.2. The van der Waals surface area contributed by atoms with Crippen LogP contribution >= 0.6 is 0 Å². The quantitative estimate of drug-likeness (QED) is 0.227. The first kappa shape index (κ1) is 29.6. The summed E-state index contributed by atoms with van der Waals surface area (Å²) in [5.41, 5.74) is 1.36. The molecule has 2 nitrogen and oxygen atoms in total. The van der Waals surface area contributed by atoms with E-state index in [1.807, 2.05) is 0 Å². The molecule has 0 fully saturated rings. The smallest absolute Gasteiger partial charge is 0.112 e. The number of halogens is 1. The van der Waals surface area contributed by atoms with Gasteiger partial charge in [0.2, 0.25) is 0 Å². The lowest BCUT2D eigenvalue weighted by Crippen LogP contribution is -3.00.